The van der Waals surface area contributed by atoms with Crippen LogP contribution in [-0.4, -0.2) is 6.54 Å². The Labute approximate surface area is 109 Å². The Hall–Kier alpha value is -0.960. The summed E-state index contributed by atoms with van der Waals surface area (Å²) in [5.74, 6) is -0.993. The monoisotopic (exact) mass is 255 g/mol. The Kier molecular flexibility index (Phi) is 6.88. The summed E-state index contributed by atoms with van der Waals surface area (Å²) in [5, 5.41) is 3.37. The molecule has 0 spiro atoms. The van der Waals surface area contributed by atoms with Gasteiger partial charge in [-0.3, -0.25) is 0 Å². The van der Waals surface area contributed by atoms with Gasteiger partial charge in [0.2, 0.25) is 0 Å². The van der Waals surface area contributed by atoms with Gasteiger partial charge in [-0.25, -0.2) is 8.78 Å². The highest BCUT2D eigenvalue weighted by Gasteiger charge is 2.12. The molecule has 1 atom stereocenters. The smallest absolute Gasteiger partial charge is 0.126 e. The molecule has 1 aromatic rings. The Morgan fingerprint density at radius 1 is 1.00 bits per heavy atom. The van der Waals surface area contributed by atoms with Crippen LogP contribution in [0.5, 0.6) is 0 Å². The topological polar surface area (TPSA) is 12.0 Å². The van der Waals surface area contributed by atoms with Crippen LogP contribution >= 0.6 is 0 Å². The fourth-order valence-electron chi connectivity index (χ4n) is 2.08. The average Bonchev–Trinajstić information content (AvgIpc) is 2.32. The SMILES string of the molecule is CCCCCC(NCCC)c1cc(F)cc(F)c1. The number of rotatable bonds is 8. The van der Waals surface area contributed by atoms with E-state index < -0.39 is 11.6 Å². The lowest BCUT2D eigenvalue weighted by Gasteiger charge is -2.19. The number of halogens is 2. The molecule has 0 saturated carbocycles. The highest BCUT2D eigenvalue weighted by molar-refractivity contribution is 5.21. The van der Waals surface area contributed by atoms with E-state index >= 15 is 0 Å². The summed E-state index contributed by atoms with van der Waals surface area (Å²) in [4.78, 5) is 0. The maximum absolute atomic E-state index is 13.2. The minimum absolute atomic E-state index is 0.0571. The highest BCUT2D eigenvalue weighted by Crippen LogP contribution is 2.22. The van der Waals surface area contributed by atoms with Crippen molar-refractivity contribution in [3.8, 4) is 0 Å². The number of hydrogen-bond donors (Lipinski definition) is 1. The summed E-state index contributed by atoms with van der Waals surface area (Å²) in [6, 6.07) is 3.85. The van der Waals surface area contributed by atoms with Crippen molar-refractivity contribution in [2.75, 3.05) is 6.54 Å². The van der Waals surface area contributed by atoms with Crippen molar-refractivity contribution < 1.29 is 8.78 Å². The summed E-state index contributed by atoms with van der Waals surface area (Å²) in [5.41, 5.74) is 0.719. The summed E-state index contributed by atoms with van der Waals surface area (Å²) in [7, 11) is 0. The Morgan fingerprint density at radius 3 is 2.22 bits per heavy atom. The second-order valence-corrected chi connectivity index (χ2v) is 4.71. The molecule has 0 fully saturated rings. The Balaban J connectivity index is 2.72. The van der Waals surface area contributed by atoms with E-state index in [1.54, 1.807) is 0 Å². The Bertz CT molecular complexity index is 332. The maximum Gasteiger partial charge on any atom is 0.126 e. The predicted octanol–water partition coefficient (Wildman–Crippen LogP) is 4.59. The molecule has 0 heterocycles. The first-order chi connectivity index (χ1) is 8.67. The molecule has 1 aromatic carbocycles. The molecule has 0 aromatic heterocycles. The van der Waals surface area contributed by atoms with Crippen LogP contribution in [0.4, 0.5) is 8.78 Å². The van der Waals surface area contributed by atoms with Gasteiger partial charge >= 0.3 is 0 Å². The normalized spacial score (nSPS) is 12.7. The van der Waals surface area contributed by atoms with Gasteiger partial charge in [0.25, 0.3) is 0 Å². The molecule has 0 aliphatic heterocycles. The van der Waals surface area contributed by atoms with Gasteiger partial charge in [0, 0.05) is 12.1 Å². The quantitative estimate of drug-likeness (QED) is 0.670. The van der Waals surface area contributed by atoms with Crippen LogP contribution in [0.3, 0.4) is 0 Å². The lowest BCUT2D eigenvalue weighted by Crippen LogP contribution is -2.22. The molecular formula is C15H23F2N. The molecule has 0 aliphatic carbocycles. The summed E-state index contributed by atoms with van der Waals surface area (Å²) in [6.07, 6.45) is 5.33. The van der Waals surface area contributed by atoms with Crippen LogP contribution in [0.1, 0.15) is 57.6 Å². The largest absolute Gasteiger partial charge is 0.310 e. The fourth-order valence-corrected chi connectivity index (χ4v) is 2.08. The molecule has 3 heteroatoms. The average molecular weight is 255 g/mol. The molecule has 102 valence electrons. The van der Waals surface area contributed by atoms with E-state index in [0.717, 1.165) is 50.3 Å². The number of benzene rings is 1. The molecule has 18 heavy (non-hydrogen) atoms. The van der Waals surface area contributed by atoms with Crippen LogP contribution in [-0.2, 0) is 0 Å². The summed E-state index contributed by atoms with van der Waals surface area (Å²) < 4.78 is 26.5. The molecule has 0 saturated heterocycles. The van der Waals surface area contributed by atoms with Crippen molar-refractivity contribution in [2.45, 2.75) is 52.0 Å². The lowest BCUT2D eigenvalue weighted by molar-refractivity contribution is 0.468. The van der Waals surface area contributed by atoms with Crippen molar-refractivity contribution in [2.24, 2.45) is 0 Å². The first-order valence-electron chi connectivity index (χ1n) is 6.86. The molecule has 0 aliphatic rings. The van der Waals surface area contributed by atoms with Crippen molar-refractivity contribution >= 4 is 0 Å². The third-order valence-corrected chi connectivity index (χ3v) is 3.02. The molecule has 1 unspecified atom stereocenters. The maximum atomic E-state index is 13.2. The summed E-state index contributed by atoms with van der Waals surface area (Å²) >= 11 is 0. The molecule has 1 N–H and O–H groups in total. The van der Waals surface area contributed by atoms with Gasteiger partial charge in [0.15, 0.2) is 0 Å². The zero-order valence-electron chi connectivity index (χ0n) is 11.3. The Morgan fingerprint density at radius 2 is 1.67 bits per heavy atom. The minimum atomic E-state index is -0.496. The molecule has 0 bridgehead atoms. The van der Waals surface area contributed by atoms with E-state index in [1.807, 2.05) is 0 Å². The van der Waals surface area contributed by atoms with Gasteiger partial charge in [0.1, 0.15) is 11.6 Å². The van der Waals surface area contributed by atoms with Gasteiger partial charge in [-0.2, -0.15) is 0 Å². The minimum Gasteiger partial charge on any atom is -0.310 e. The van der Waals surface area contributed by atoms with Gasteiger partial charge in [0.05, 0.1) is 0 Å². The molecular weight excluding hydrogens is 232 g/mol. The van der Waals surface area contributed by atoms with E-state index in [2.05, 4.69) is 19.2 Å². The molecule has 1 nitrogen and oxygen atoms in total. The zero-order chi connectivity index (χ0) is 13.4. The third kappa shape index (κ3) is 5.13. The molecule has 1 rings (SSSR count). The van der Waals surface area contributed by atoms with Crippen LogP contribution in [0.2, 0.25) is 0 Å². The van der Waals surface area contributed by atoms with Crippen LogP contribution in [0.15, 0.2) is 18.2 Å². The van der Waals surface area contributed by atoms with E-state index in [-0.39, 0.29) is 6.04 Å². The van der Waals surface area contributed by atoms with Gasteiger partial charge in [-0.1, -0.05) is 33.1 Å². The van der Waals surface area contributed by atoms with E-state index in [4.69, 9.17) is 0 Å². The standard InChI is InChI=1S/C15H23F2N/c1-3-5-6-7-15(18-8-4-2)12-9-13(16)11-14(17)10-12/h9-11,15,18H,3-8H2,1-2H3. The van der Waals surface area contributed by atoms with Crippen LogP contribution < -0.4 is 5.32 Å². The van der Waals surface area contributed by atoms with E-state index in [0.29, 0.717) is 0 Å². The van der Waals surface area contributed by atoms with Crippen molar-refractivity contribution in [3.05, 3.63) is 35.4 Å². The van der Waals surface area contributed by atoms with Crippen LogP contribution in [0.25, 0.3) is 0 Å². The van der Waals surface area contributed by atoms with E-state index in [1.165, 1.54) is 12.1 Å². The number of nitrogens with one attached hydrogen (secondary N) is 1. The fraction of sp³-hybridized carbons (Fsp3) is 0.600. The first-order valence-corrected chi connectivity index (χ1v) is 6.86. The number of unbranched alkanes of at least 4 members (excludes halogenated alkanes) is 2. The zero-order valence-corrected chi connectivity index (χ0v) is 11.3. The van der Waals surface area contributed by atoms with Crippen molar-refractivity contribution in [1.82, 2.24) is 5.32 Å². The van der Waals surface area contributed by atoms with Gasteiger partial charge in [-0.05, 0) is 37.1 Å². The third-order valence-electron chi connectivity index (χ3n) is 3.02. The molecule has 0 radical (unpaired) electrons. The first kappa shape index (κ1) is 15.1. The van der Waals surface area contributed by atoms with Crippen molar-refractivity contribution in [1.29, 1.82) is 0 Å². The summed E-state index contributed by atoms with van der Waals surface area (Å²) in [6.45, 7) is 5.10. The predicted molar refractivity (Wildman–Crippen MR) is 71.5 cm³/mol. The second kappa shape index (κ2) is 8.20. The highest BCUT2D eigenvalue weighted by atomic mass is 19.1. The second-order valence-electron chi connectivity index (χ2n) is 4.71. The molecule has 0 amide bonds. The number of hydrogen-bond acceptors (Lipinski definition) is 1. The van der Waals surface area contributed by atoms with Crippen molar-refractivity contribution in [3.63, 3.8) is 0 Å². The lowest BCUT2D eigenvalue weighted by atomic mass is 10.00. The van der Waals surface area contributed by atoms with Crippen LogP contribution in [0, 0.1) is 11.6 Å². The van der Waals surface area contributed by atoms with Gasteiger partial charge in [-0.15, -0.1) is 0 Å². The van der Waals surface area contributed by atoms with Gasteiger partial charge < -0.3 is 5.32 Å². The van der Waals surface area contributed by atoms with E-state index in [9.17, 15) is 8.78 Å².